The Bertz CT molecular complexity index is 566. The van der Waals surface area contributed by atoms with Crippen LogP contribution < -0.4 is 5.32 Å². The second kappa shape index (κ2) is 8.38. The topological polar surface area (TPSA) is 69.6 Å². The van der Waals surface area contributed by atoms with E-state index in [1.807, 2.05) is 24.3 Å². The number of amides is 2. The number of aliphatic carboxylic acids is 1. The van der Waals surface area contributed by atoms with E-state index in [1.54, 1.807) is 4.90 Å². The molecule has 0 spiro atoms. The maximum Gasteiger partial charge on any atom is 0.317 e. The molecule has 1 fully saturated rings. The van der Waals surface area contributed by atoms with Crippen molar-refractivity contribution in [2.75, 3.05) is 13.1 Å². The Morgan fingerprint density at radius 2 is 1.83 bits per heavy atom. The predicted octanol–water partition coefficient (Wildman–Crippen LogP) is 3.93. The molecule has 1 saturated heterocycles. The smallest absolute Gasteiger partial charge is 0.317 e. The SMILES string of the molecule is CC(C)CC(NC(=O)N1CCC(C(=O)O)CC1)c1ccc(Cl)cc1. The summed E-state index contributed by atoms with van der Waals surface area (Å²) in [5, 5.41) is 12.8. The molecule has 0 saturated carbocycles. The van der Waals surface area contributed by atoms with Crippen molar-refractivity contribution in [3.63, 3.8) is 0 Å². The van der Waals surface area contributed by atoms with Gasteiger partial charge >= 0.3 is 12.0 Å². The molecular formula is C18H25ClN2O3. The van der Waals surface area contributed by atoms with Crippen LogP contribution in [0.15, 0.2) is 24.3 Å². The summed E-state index contributed by atoms with van der Waals surface area (Å²) >= 11 is 5.95. The Hall–Kier alpha value is -1.75. The lowest BCUT2D eigenvalue weighted by molar-refractivity contribution is -0.143. The summed E-state index contributed by atoms with van der Waals surface area (Å²) in [7, 11) is 0. The molecule has 0 aromatic heterocycles. The van der Waals surface area contributed by atoms with E-state index in [2.05, 4.69) is 19.2 Å². The molecule has 1 atom stereocenters. The number of carboxylic acid groups (broad SMARTS) is 1. The van der Waals surface area contributed by atoms with Crippen molar-refractivity contribution >= 4 is 23.6 Å². The fraction of sp³-hybridized carbons (Fsp3) is 0.556. The minimum absolute atomic E-state index is 0.0769. The van der Waals surface area contributed by atoms with Crippen molar-refractivity contribution in [1.29, 1.82) is 0 Å². The molecule has 2 N–H and O–H groups in total. The number of hydrogen-bond donors (Lipinski definition) is 2. The van der Waals surface area contributed by atoms with Gasteiger partial charge in [0.15, 0.2) is 0 Å². The van der Waals surface area contributed by atoms with Crippen LogP contribution >= 0.6 is 11.6 Å². The summed E-state index contributed by atoms with van der Waals surface area (Å²) in [6, 6.07) is 7.33. The van der Waals surface area contributed by atoms with Gasteiger partial charge in [-0.2, -0.15) is 0 Å². The summed E-state index contributed by atoms with van der Waals surface area (Å²) < 4.78 is 0. The van der Waals surface area contributed by atoms with Crippen LogP contribution in [-0.4, -0.2) is 35.1 Å². The highest BCUT2D eigenvalue weighted by Gasteiger charge is 2.28. The van der Waals surface area contributed by atoms with E-state index in [-0.39, 0.29) is 18.0 Å². The van der Waals surface area contributed by atoms with Crippen LogP contribution in [0.3, 0.4) is 0 Å². The quantitative estimate of drug-likeness (QED) is 0.843. The van der Waals surface area contributed by atoms with Gasteiger partial charge in [0.2, 0.25) is 0 Å². The number of likely N-dealkylation sites (tertiary alicyclic amines) is 1. The summed E-state index contributed by atoms with van der Waals surface area (Å²) in [4.78, 5) is 25.3. The van der Waals surface area contributed by atoms with E-state index < -0.39 is 5.97 Å². The van der Waals surface area contributed by atoms with Crippen molar-refractivity contribution < 1.29 is 14.7 Å². The average Bonchev–Trinajstić information content (AvgIpc) is 2.54. The normalized spacial score (nSPS) is 16.9. The van der Waals surface area contributed by atoms with Crippen molar-refractivity contribution in [3.05, 3.63) is 34.9 Å². The average molecular weight is 353 g/mol. The number of halogens is 1. The number of carbonyl (C=O) groups is 2. The highest BCUT2D eigenvalue weighted by Crippen LogP contribution is 2.24. The first-order chi connectivity index (χ1) is 11.4. The Kier molecular flexibility index (Phi) is 6.49. The van der Waals surface area contributed by atoms with Crippen molar-refractivity contribution in [3.8, 4) is 0 Å². The third kappa shape index (κ3) is 5.13. The van der Waals surface area contributed by atoms with Gasteiger partial charge in [-0.15, -0.1) is 0 Å². The number of carboxylic acids is 1. The molecule has 1 aromatic carbocycles. The summed E-state index contributed by atoms with van der Waals surface area (Å²) in [6.45, 7) is 5.20. The van der Waals surface area contributed by atoms with Gasteiger partial charge in [0, 0.05) is 18.1 Å². The molecule has 1 aromatic rings. The number of urea groups is 1. The fourth-order valence-corrected chi connectivity index (χ4v) is 3.14. The number of nitrogens with one attached hydrogen (secondary N) is 1. The van der Waals surface area contributed by atoms with Gasteiger partial charge in [0.05, 0.1) is 12.0 Å². The standard InChI is InChI=1S/C18H25ClN2O3/c1-12(2)11-16(13-3-5-15(19)6-4-13)20-18(24)21-9-7-14(8-10-21)17(22)23/h3-6,12,14,16H,7-11H2,1-2H3,(H,20,24)(H,22,23). The number of carbonyl (C=O) groups excluding carboxylic acids is 1. The van der Waals surface area contributed by atoms with Gasteiger partial charge in [0.1, 0.15) is 0 Å². The highest BCUT2D eigenvalue weighted by molar-refractivity contribution is 6.30. The molecule has 1 aliphatic rings. The van der Waals surface area contributed by atoms with Crippen LogP contribution in [0.5, 0.6) is 0 Å². The van der Waals surface area contributed by atoms with Gasteiger partial charge in [-0.05, 0) is 42.9 Å². The summed E-state index contributed by atoms with van der Waals surface area (Å²) in [6.07, 6.45) is 1.86. The summed E-state index contributed by atoms with van der Waals surface area (Å²) in [5.74, 6) is -0.672. The van der Waals surface area contributed by atoms with Gasteiger partial charge in [0.25, 0.3) is 0 Å². The van der Waals surface area contributed by atoms with Crippen molar-refractivity contribution in [1.82, 2.24) is 10.2 Å². The Morgan fingerprint density at radius 3 is 2.33 bits per heavy atom. The Labute approximate surface area is 148 Å². The highest BCUT2D eigenvalue weighted by atomic mass is 35.5. The molecule has 2 amide bonds. The zero-order valence-corrected chi connectivity index (χ0v) is 14.9. The van der Waals surface area contributed by atoms with Crippen LogP contribution in [0.2, 0.25) is 5.02 Å². The van der Waals surface area contributed by atoms with Gasteiger partial charge in [-0.1, -0.05) is 37.6 Å². The second-order valence-corrected chi connectivity index (χ2v) is 7.22. The summed E-state index contributed by atoms with van der Waals surface area (Å²) in [5.41, 5.74) is 1.03. The minimum atomic E-state index is -0.770. The van der Waals surface area contributed by atoms with Crippen molar-refractivity contribution in [2.24, 2.45) is 11.8 Å². The lowest BCUT2D eigenvalue weighted by atomic mass is 9.96. The monoisotopic (exact) mass is 352 g/mol. The Balaban J connectivity index is 2.00. The van der Waals surface area contributed by atoms with E-state index in [9.17, 15) is 9.59 Å². The van der Waals surface area contributed by atoms with Crippen LogP contribution in [0.1, 0.15) is 44.7 Å². The van der Waals surface area contributed by atoms with E-state index in [0.29, 0.717) is 36.9 Å². The lowest BCUT2D eigenvalue weighted by Crippen LogP contribution is -2.46. The molecule has 1 aliphatic heterocycles. The molecule has 5 nitrogen and oxygen atoms in total. The number of piperidine rings is 1. The third-order valence-electron chi connectivity index (χ3n) is 4.41. The molecular weight excluding hydrogens is 328 g/mol. The van der Waals surface area contributed by atoms with Crippen LogP contribution in [-0.2, 0) is 4.79 Å². The Morgan fingerprint density at radius 1 is 1.25 bits per heavy atom. The van der Waals surface area contributed by atoms with Crippen LogP contribution in [0.4, 0.5) is 4.79 Å². The minimum Gasteiger partial charge on any atom is -0.481 e. The molecule has 0 bridgehead atoms. The van der Waals surface area contributed by atoms with Gasteiger partial charge < -0.3 is 15.3 Å². The molecule has 1 heterocycles. The molecule has 6 heteroatoms. The first kappa shape index (κ1) is 18.6. The molecule has 2 rings (SSSR count). The second-order valence-electron chi connectivity index (χ2n) is 6.78. The predicted molar refractivity (Wildman–Crippen MR) is 94.1 cm³/mol. The molecule has 0 radical (unpaired) electrons. The maximum atomic E-state index is 12.5. The first-order valence-electron chi connectivity index (χ1n) is 8.40. The number of hydrogen-bond acceptors (Lipinski definition) is 2. The number of rotatable bonds is 5. The van der Waals surface area contributed by atoms with Crippen LogP contribution in [0, 0.1) is 11.8 Å². The lowest BCUT2D eigenvalue weighted by Gasteiger charge is -2.32. The van der Waals surface area contributed by atoms with E-state index in [4.69, 9.17) is 16.7 Å². The first-order valence-corrected chi connectivity index (χ1v) is 8.78. The molecule has 1 unspecified atom stereocenters. The number of nitrogens with zero attached hydrogens (tertiary/aromatic N) is 1. The zero-order chi connectivity index (χ0) is 17.7. The van der Waals surface area contributed by atoms with Crippen LogP contribution in [0.25, 0.3) is 0 Å². The third-order valence-corrected chi connectivity index (χ3v) is 4.66. The van der Waals surface area contributed by atoms with E-state index in [0.717, 1.165) is 12.0 Å². The molecule has 0 aliphatic carbocycles. The number of benzene rings is 1. The molecule has 24 heavy (non-hydrogen) atoms. The maximum absolute atomic E-state index is 12.5. The van der Waals surface area contributed by atoms with Gasteiger partial charge in [-0.25, -0.2) is 4.79 Å². The van der Waals surface area contributed by atoms with E-state index in [1.165, 1.54) is 0 Å². The largest absolute Gasteiger partial charge is 0.481 e. The fourth-order valence-electron chi connectivity index (χ4n) is 3.01. The van der Waals surface area contributed by atoms with E-state index >= 15 is 0 Å². The molecule has 132 valence electrons. The van der Waals surface area contributed by atoms with Gasteiger partial charge in [-0.3, -0.25) is 4.79 Å². The van der Waals surface area contributed by atoms with Crippen molar-refractivity contribution in [2.45, 2.75) is 39.2 Å². The zero-order valence-electron chi connectivity index (χ0n) is 14.2.